The third kappa shape index (κ3) is 10.1. The van der Waals surface area contributed by atoms with Crippen LogP contribution in [-0.2, 0) is 50.3 Å². The van der Waals surface area contributed by atoms with Crippen molar-refractivity contribution in [2.75, 3.05) is 13.2 Å². The molecule has 17 heteroatoms. The Bertz CT molecular complexity index is 1450. The second-order valence-electron chi connectivity index (χ2n) is 11.8. The quantitative estimate of drug-likeness (QED) is 0.0755. The van der Waals surface area contributed by atoms with Crippen LogP contribution in [0.2, 0.25) is 0 Å². The van der Waals surface area contributed by atoms with Gasteiger partial charge in [-0.2, -0.15) is 0 Å². The van der Waals surface area contributed by atoms with E-state index < -0.39 is 74.8 Å². The van der Waals surface area contributed by atoms with Gasteiger partial charge in [-0.3, -0.25) is 18.9 Å². The monoisotopic (exact) mass is 680 g/mol. The molecule has 258 valence electrons. The van der Waals surface area contributed by atoms with E-state index in [1.165, 1.54) is 13.1 Å². The lowest BCUT2D eigenvalue weighted by Gasteiger charge is -2.35. The number of hydrogen-bond acceptors (Lipinski definition) is 11. The number of alkyl halides is 1. The fourth-order valence-electron chi connectivity index (χ4n) is 4.97. The molecule has 1 aromatic carbocycles. The average molecular weight is 681 g/mol. The Balaban J connectivity index is 1.94. The predicted molar refractivity (Wildman–Crippen MR) is 168 cm³/mol. The van der Waals surface area contributed by atoms with Gasteiger partial charge in [-0.1, -0.05) is 36.0 Å². The van der Waals surface area contributed by atoms with Crippen molar-refractivity contribution >= 4 is 25.4 Å². The number of ether oxygens (including phenoxy) is 3. The smallest absolute Gasteiger partial charge is 0.323 e. The molecule has 0 spiro atoms. The number of amides is 1. The zero-order valence-electron chi connectivity index (χ0n) is 27.0. The number of aliphatic hydroxyl groups is 1. The first-order valence-corrected chi connectivity index (χ1v) is 16.9. The molecule has 47 heavy (non-hydrogen) atoms. The summed E-state index contributed by atoms with van der Waals surface area (Å²) >= 11 is 0. The number of carbonyl (C=O) groups is 3. The van der Waals surface area contributed by atoms with Gasteiger partial charge < -0.3 is 34.1 Å². The fourth-order valence-corrected chi connectivity index (χ4v) is 7.10. The molecule has 1 aromatic rings. The largest absolute Gasteiger partial charge is 0.463 e. The standard InChI is InChI=1S/C30H42FN6O9P/c1-18(2)44-25(39)12-11-22-9-7-8-10-23(22)15-47(42,35-20(5)29(41)45-19(3)4)43-17-30(16-33-36-32)27(40)26(31)28(46-30)37-14-13-24(38)34-21(37)6/h7-10,13-14,18-20,26-28,40H,6,11-12,15-17H2,1-5H3,(H,34,38)(H,35,42)/t20?,26-,27+,28-,30-,47?/m1/s1. The van der Waals surface area contributed by atoms with E-state index in [4.69, 9.17) is 24.3 Å². The van der Waals surface area contributed by atoms with E-state index in [2.05, 4.69) is 27.0 Å². The van der Waals surface area contributed by atoms with Gasteiger partial charge in [0.05, 0.1) is 31.5 Å². The Hall–Kier alpha value is -3.78. The molecule has 6 atom stereocenters. The van der Waals surface area contributed by atoms with Crippen molar-refractivity contribution in [2.45, 2.75) is 96.0 Å². The lowest BCUT2D eigenvalue weighted by Crippen LogP contribution is -2.49. The molecule has 2 aliphatic rings. The summed E-state index contributed by atoms with van der Waals surface area (Å²) < 4.78 is 52.7. The maximum atomic E-state index is 15.7. The van der Waals surface area contributed by atoms with E-state index in [0.717, 1.165) is 11.0 Å². The first kappa shape index (κ1) is 37.7. The first-order valence-electron chi connectivity index (χ1n) is 15.0. The minimum atomic E-state index is -4.15. The predicted octanol–water partition coefficient (Wildman–Crippen LogP) is 3.73. The number of nitrogens with one attached hydrogen (secondary N) is 2. The van der Waals surface area contributed by atoms with Gasteiger partial charge in [0.25, 0.3) is 13.4 Å². The molecule has 1 fully saturated rings. The van der Waals surface area contributed by atoms with Crippen molar-refractivity contribution < 1.29 is 47.2 Å². The van der Waals surface area contributed by atoms with Crippen molar-refractivity contribution in [3.8, 4) is 0 Å². The van der Waals surface area contributed by atoms with E-state index in [9.17, 15) is 24.1 Å². The average Bonchev–Trinajstić information content (AvgIpc) is 3.23. The molecular weight excluding hydrogens is 638 g/mol. The number of carbonyl (C=O) groups excluding carboxylic acids is 3. The van der Waals surface area contributed by atoms with Gasteiger partial charge in [0.2, 0.25) is 0 Å². The summed E-state index contributed by atoms with van der Waals surface area (Å²) in [4.78, 5) is 40.5. The molecule has 1 amide bonds. The normalized spacial score (nSPS) is 24.4. The molecule has 2 aliphatic heterocycles. The minimum absolute atomic E-state index is 0.0310. The molecule has 2 heterocycles. The summed E-state index contributed by atoms with van der Waals surface area (Å²) in [6.07, 6.45) is -4.03. The number of esters is 2. The van der Waals surface area contributed by atoms with Crippen LogP contribution in [0.25, 0.3) is 10.4 Å². The Kier molecular flexibility index (Phi) is 13.1. The third-order valence-corrected chi connectivity index (χ3v) is 9.27. The summed E-state index contributed by atoms with van der Waals surface area (Å²) in [6, 6.07) is 5.76. The lowest BCUT2D eigenvalue weighted by molar-refractivity contribution is -0.149. The zero-order valence-corrected chi connectivity index (χ0v) is 27.9. The van der Waals surface area contributed by atoms with Crippen LogP contribution in [0, 0.1) is 0 Å². The number of benzene rings is 1. The van der Waals surface area contributed by atoms with Crippen molar-refractivity contribution in [1.82, 2.24) is 15.3 Å². The van der Waals surface area contributed by atoms with Gasteiger partial charge in [0.15, 0.2) is 12.4 Å². The van der Waals surface area contributed by atoms with E-state index >= 15 is 4.39 Å². The Morgan fingerprint density at radius 3 is 2.51 bits per heavy atom. The van der Waals surface area contributed by atoms with Crippen LogP contribution in [0.3, 0.4) is 0 Å². The van der Waals surface area contributed by atoms with Crippen LogP contribution >= 0.6 is 7.52 Å². The van der Waals surface area contributed by atoms with Gasteiger partial charge in [-0.15, -0.1) is 0 Å². The van der Waals surface area contributed by atoms with Crippen LogP contribution in [0.4, 0.5) is 4.39 Å². The van der Waals surface area contributed by atoms with Crippen LogP contribution < -0.4 is 10.4 Å². The topological polar surface area (TPSA) is 201 Å². The van der Waals surface area contributed by atoms with Crippen LogP contribution in [0.5, 0.6) is 0 Å². The summed E-state index contributed by atoms with van der Waals surface area (Å²) in [6.45, 7) is 10.5. The molecule has 1 saturated heterocycles. The van der Waals surface area contributed by atoms with Crippen LogP contribution in [0.1, 0.15) is 52.2 Å². The Morgan fingerprint density at radius 1 is 1.23 bits per heavy atom. The van der Waals surface area contributed by atoms with Crippen LogP contribution in [0.15, 0.2) is 54.1 Å². The van der Waals surface area contributed by atoms with E-state index in [-0.39, 0.29) is 30.9 Å². The molecule has 0 saturated carbocycles. The number of halogens is 1. The zero-order chi connectivity index (χ0) is 34.9. The lowest BCUT2D eigenvalue weighted by atomic mass is 9.97. The molecular formula is C30H42FN6O9P. The number of rotatable bonds is 16. The minimum Gasteiger partial charge on any atom is -0.463 e. The maximum Gasteiger partial charge on any atom is 0.323 e. The number of aliphatic hydroxyl groups excluding tert-OH is 1. The summed E-state index contributed by atoms with van der Waals surface area (Å²) in [5.74, 6) is -1.66. The van der Waals surface area contributed by atoms with E-state index in [1.54, 1.807) is 52.0 Å². The molecule has 0 aliphatic carbocycles. The highest BCUT2D eigenvalue weighted by Gasteiger charge is 2.58. The summed E-state index contributed by atoms with van der Waals surface area (Å²) in [5.41, 5.74) is 8.21. The maximum absolute atomic E-state index is 15.7. The summed E-state index contributed by atoms with van der Waals surface area (Å²) in [5, 5.41) is 19.7. The number of azide groups is 1. The molecule has 0 bridgehead atoms. The summed E-state index contributed by atoms with van der Waals surface area (Å²) in [7, 11) is -4.15. The molecule has 3 N–H and O–H groups in total. The number of hydrogen-bond donors (Lipinski definition) is 3. The second-order valence-corrected chi connectivity index (χ2v) is 13.9. The van der Waals surface area contributed by atoms with E-state index in [0.29, 0.717) is 11.1 Å². The molecule has 2 unspecified atom stereocenters. The second kappa shape index (κ2) is 16.4. The van der Waals surface area contributed by atoms with Gasteiger partial charge in [0, 0.05) is 23.6 Å². The van der Waals surface area contributed by atoms with E-state index in [1.807, 2.05) is 0 Å². The Labute approximate surface area is 272 Å². The molecule has 0 radical (unpaired) electrons. The SMILES string of the molecule is C=C1NC(=O)C=CN1[C@@H]1O[C@](CN=[N+]=[N-])(COP(=O)(Cc2ccccc2CCC(=O)OC(C)C)NC(C)C(=O)OC(C)C)[C@@H](O)[C@H]1F. The number of nitrogens with zero attached hydrogens (tertiary/aromatic N) is 4. The third-order valence-electron chi connectivity index (χ3n) is 7.19. The van der Waals surface area contributed by atoms with Gasteiger partial charge >= 0.3 is 11.9 Å². The van der Waals surface area contributed by atoms with Crippen molar-refractivity contribution in [2.24, 2.45) is 5.11 Å². The molecule has 15 nitrogen and oxygen atoms in total. The first-order chi connectivity index (χ1) is 22.1. The van der Waals surface area contributed by atoms with Crippen molar-refractivity contribution in [3.63, 3.8) is 0 Å². The highest BCUT2D eigenvalue weighted by molar-refractivity contribution is 7.56. The molecule has 3 rings (SSSR count). The van der Waals surface area contributed by atoms with Crippen LogP contribution in [-0.4, -0.2) is 83.4 Å². The fraction of sp³-hybridized carbons (Fsp3) is 0.567. The highest BCUT2D eigenvalue weighted by Crippen LogP contribution is 2.50. The Morgan fingerprint density at radius 2 is 1.89 bits per heavy atom. The highest BCUT2D eigenvalue weighted by atomic mass is 31.2. The van der Waals surface area contributed by atoms with Crippen molar-refractivity contribution in [1.29, 1.82) is 0 Å². The van der Waals surface area contributed by atoms with Gasteiger partial charge in [-0.25, -0.2) is 9.48 Å². The van der Waals surface area contributed by atoms with Gasteiger partial charge in [-0.05, 0) is 57.7 Å². The molecule has 0 aromatic heterocycles. The van der Waals surface area contributed by atoms with Crippen molar-refractivity contribution in [3.05, 3.63) is 70.5 Å². The van der Waals surface area contributed by atoms with Gasteiger partial charge in [0.1, 0.15) is 23.6 Å². The number of aryl methyl sites for hydroxylation is 1.